The summed E-state index contributed by atoms with van der Waals surface area (Å²) in [5.74, 6) is 2.39. The van der Waals surface area contributed by atoms with Crippen LogP contribution in [-0.4, -0.2) is 34.9 Å². The first-order chi connectivity index (χ1) is 8.65. The van der Waals surface area contributed by atoms with E-state index in [4.69, 9.17) is 5.11 Å². The summed E-state index contributed by atoms with van der Waals surface area (Å²) in [5.41, 5.74) is 2.02. The van der Waals surface area contributed by atoms with Crippen molar-refractivity contribution in [3.8, 4) is 5.75 Å². The Labute approximate surface area is 114 Å². The molecular weight excluding hydrogens is 246 g/mol. The fourth-order valence-electron chi connectivity index (χ4n) is 1.75. The van der Waals surface area contributed by atoms with Crippen LogP contribution in [0.25, 0.3) is 0 Å². The zero-order valence-corrected chi connectivity index (χ0v) is 12.0. The minimum atomic E-state index is 0.157. The monoisotopic (exact) mass is 269 g/mol. The maximum Gasteiger partial charge on any atom is 0.120 e. The average Bonchev–Trinajstić information content (AvgIpc) is 2.33. The lowest BCUT2D eigenvalue weighted by molar-refractivity contribution is 0.296. The Kier molecular flexibility index (Phi) is 7.16. The number of aliphatic hydroxyl groups excluding tert-OH is 1. The molecule has 3 N–H and O–H groups in total. The first-order valence-corrected chi connectivity index (χ1v) is 7.52. The molecule has 18 heavy (non-hydrogen) atoms. The summed E-state index contributed by atoms with van der Waals surface area (Å²) in [6, 6.07) is 5.94. The lowest BCUT2D eigenvalue weighted by Gasteiger charge is -2.15. The molecule has 0 heterocycles. The van der Waals surface area contributed by atoms with Crippen LogP contribution in [0.15, 0.2) is 18.2 Å². The molecule has 1 aromatic rings. The fraction of sp³-hybridized carbons (Fsp3) is 0.571. The summed E-state index contributed by atoms with van der Waals surface area (Å²) in [6.45, 7) is 5.21. The van der Waals surface area contributed by atoms with Crippen molar-refractivity contribution in [3.63, 3.8) is 0 Å². The molecule has 0 saturated heterocycles. The highest BCUT2D eigenvalue weighted by atomic mass is 32.2. The van der Waals surface area contributed by atoms with Gasteiger partial charge < -0.3 is 15.5 Å². The van der Waals surface area contributed by atoms with Gasteiger partial charge >= 0.3 is 0 Å². The molecule has 0 spiro atoms. The van der Waals surface area contributed by atoms with Gasteiger partial charge in [-0.2, -0.15) is 11.8 Å². The number of aromatic hydroxyl groups is 1. The summed E-state index contributed by atoms with van der Waals surface area (Å²) in [7, 11) is 0. The first kappa shape index (κ1) is 15.3. The molecule has 102 valence electrons. The van der Waals surface area contributed by atoms with Crippen molar-refractivity contribution in [2.24, 2.45) is 0 Å². The Morgan fingerprint density at radius 2 is 2.11 bits per heavy atom. The number of benzene rings is 1. The molecule has 1 unspecified atom stereocenters. The average molecular weight is 269 g/mol. The molecular formula is C14H23NO2S. The smallest absolute Gasteiger partial charge is 0.120 e. The van der Waals surface area contributed by atoms with E-state index in [-0.39, 0.29) is 12.6 Å². The fourth-order valence-corrected chi connectivity index (χ4v) is 2.55. The Morgan fingerprint density at radius 1 is 1.33 bits per heavy atom. The predicted octanol–water partition coefficient (Wildman–Crippen LogP) is 2.47. The lowest BCUT2D eigenvalue weighted by atomic mass is 10.1. The van der Waals surface area contributed by atoms with Crippen LogP contribution in [0.1, 0.15) is 30.5 Å². The minimum absolute atomic E-state index is 0.157. The summed E-state index contributed by atoms with van der Waals surface area (Å²) in [4.78, 5) is 0. The van der Waals surface area contributed by atoms with Crippen molar-refractivity contribution in [2.75, 3.05) is 24.7 Å². The van der Waals surface area contributed by atoms with E-state index < -0.39 is 0 Å². The highest BCUT2D eigenvalue weighted by molar-refractivity contribution is 7.99. The summed E-state index contributed by atoms with van der Waals surface area (Å²) in [6.07, 6.45) is 0.860. The number of phenolic OH excluding ortho intramolecular Hbond substituents is 1. The number of thioether (sulfide) groups is 1. The van der Waals surface area contributed by atoms with Crippen LogP contribution in [0.2, 0.25) is 0 Å². The molecule has 1 atom stereocenters. The second-order valence-electron chi connectivity index (χ2n) is 4.43. The third-order valence-electron chi connectivity index (χ3n) is 2.80. The van der Waals surface area contributed by atoms with Gasteiger partial charge in [-0.25, -0.2) is 0 Å². The van der Waals surface area contributed by atoms with Gasteiger partial charge in [-0.05, 0) is 37.7 Å². The third-order valence-corrected chi connectivity index (χ3v) is 3.87. The maximum absolute atomic E-state index is 9.86. The number of phenols is 1. The van der Waals surface area contributed by atoms with Crippen LogP contribution in [0.5, 0.6) is 5.75 Å². The first-order valence-electron chi connectivity index (χ1n) is 6.36. The van der Waals surface area contributed by atoms with Gasteiger partial charge in [0.1, 0.15) is 5.75 Å². The molecule has 0 aromatic heterocycles. The van der Waals surface area contributed by atoms with Crippen molar-refractivity contribution < 1.29 is 10.2 Å². The number of nitrogens with one attached hydrogen (secondary N) is 1. The van der Waals surface area contributed by atoms with Gasteiger partial charge in [0.15, 0.2) is 0 Å². The van der Waals surface area contributed by atoms with Gasteiger partial charge in [-0.1, -0.05) is 12.1 Å². The number of rotatable bonds is 8. The molecule has 4 heteroatoms. The van der Waals surface area contributed by atoms with Gasteiger partial charge in [0.2, 0.25) is 0 Å². The van der Waals surface area contributed by atoms with E-state index in [1.165, 1.54) is 0 Å². The molecule has 0 aliphatic carbocycles. The highest BCUT2D eigenvalue weighted by Crippen LogP contribution is 2.24. The van der Waals surface area contributed by atoms with Crippen LogP contribution < -0.4 is 5.32 Å². The quantitative estimate of drug-likeness (QED) is 0.635. The van der Waals surface area contributed by atoms with E-state index in [0.29, 0.717) is 5.75 Å². The van der Waals surface area contributed by atoms with Gasteiger partial charge in [-0.3, -0.25) is 0 Å². The van der Waals surface area contributed by atoms with E-state index in [1.807, 2.05) is 30.8 Å². The van der Waals surface area contributed by atoms with Crippen LogP contribution in [0.3, 0.4) is 0 Å². The van der Waals surface area contributed by atoms with Crippen molar-refractivity contribution in [1.29, 1.82) is 0 Å². The summed E-state index contributed by atoms with van der Waals surface area (Å²) < 4.78 is 0. The van der Waals surface area contributed by atoms with Gasteiger partial charge in [-0.15, -0.1) is 0 Å². The SMILES string of the molecule is Cc1ccc(C(C)NCCSCCCO)c(O)c1. The Bertz CT molecular complexity index is 358. The largest absolute Gasteiger partial charge is 0.508 e. The third kappa shape index (κ3) is 5.29. The number of hydrogen-bond acceptors (Lipinski definition) is 4. The van der Waals surface area contributed by atoms with Crippen LogP contribution >= 0.6 is 11.8 Å². The molecule has 1 aromatic carbocycles. The molecule has 3 nitrogen and oxygen atoms in total. The second kappa shape index (κ2) is 8.40. The van der Waals surface area contributed by atoms with Gasteiger partial charge in [0, 0.05) is 30.5 Å². The van der Waals surface area contributed by atoms with E-state index >= 15 is 0 Å². The van der Waals surface area contributed by atoms with Crippen molar-refractivity contribution in [2.45, 2.75) is 26.3 Å². The molecule has 0 radical (unpaired) electrons. The molecule has 0 aliphatic heterocycles. The van der Waals surface area contributed by atoms with E-state index in [2.05, 4.69) is 12.2 Å². The van der Waals surface area contributed by atoms with Crippen LogP contribution in [0.4, 0.5) is 0 Å². The van der Waals surface area contributed by atoms with Crippen molar-refractivity contribution in [3.05, 3.63) is 29.3 Å². The highest BCUT2D eigenvalue weighted by Gasteiger charge is 2.09. The summed E-state index contributed by atoms with van der Waals surface area (Å²) >= 11 is 1.84. The molecule has 0 bridgehead atoms. The normalized spacial score (nSPS) is 12.6. The van der Waals surface area contributed by atoms with E-state index in [1.54, 1.807) is 6.07 Å². The number of aryl methyl sites for hydroxylation is 1. The van der Waals surface area contributed by atoms with Crippen molar-refractivity contribution in [1.82, 2.24) is 5.32 Å². The van der Waals surface area contributed by atoms with E-state index in [9.17, 15) is 5.11 Å². The van der Waals surface area contributed by atoms with Gasteiger partial charge in [0.05, 0.1) is 0 Å². The molecule has 0 amide bonds. The Morgan fingerprint density at radius 3 is 2.78 bits per heavy atom. The number of aliphatic hydroxyl groups is 1. The lowest BCUT2D eigenvalue weighted by Crippen LogP contribution is -2.21. The predicted molar refractivity (Wildman–Crippen MR) is 78.3 cm³/mol. The molecule has 1 rings (SSSR count). The zero-order valence-electron chi connectivity index (χ0n) is 11.1. The Hall–Kier alpha value is -0.710. The number of hydrogen-bond donors (Lipinski definition) is 3. The van der Waals surface area contributed by atoms with E-state index in [0.717, 1.165) is 35.6 Å². The minimum Gasteiger partial charge on any atom is -0.508 e. The van der Waals surface area contributed by atoms with Crippen LogP contribution in [0, 0.1) is 6.92 Å². The second-order valence-corrected chi connectivity index (χ2v) is 5.65. The maximum atomic E-state index is 9.86. The molecule has 0 saturated carbocycles. The molecule has 0 aliphatic rings. The van der Waals surface area contributed by atoms with Gasteiger partial charge in [0.25, 0.3) is 0 Å². The van der Waals surface area contributed by atoms with Crippen LogP contribution in [-0.2, 0) is 0 Å². The zero-order chi connectivity index (χ0) is 13.4. The standard InChI is InChI=1S/C14H23NO2S/c1-11-4-5-13(14(17)10-11)12(2)15-6-9-18-8-3-7-16/h4-5,10,12,15-17H,3,6-9H2,1-2H3. The van der Waals surface area contributed by atoms with Crippen molar-refractivity contribution >= 4 is 11.8 Å². The molecule has 0 fully saturated rings. The Balaban J connectivity index is 2.29. The topological polar surface area (TPSA) is 52.5 Å². The summed E-state index contributed by atoms with van der Waals surface area (Å²) in [5, 5.41) is 21.9.